The van der Waals surface area contributed by atoms with E-state index in [1.165, 1.54) is 13.3 Å². The van der Waals surface area contributed by atoms with Crippen LogP contribution in [0.2, 0.25) is 0 Å². The van der Waals surface area contributed by atoms with Gasteiger partial charge in [-0.15, -0.1) is 0 Å². The molecule has 1 N–H and O–H groups in total. The van der Waals surface area contributed by atoms with Crippen molar-refractivity contribution in [2.75, 3.05) is 7.11 Å². The van der Waals surface area contributed by atoms with Gasteiger partial charge in [-0.25, -0.2) is 14.6 Å². The van der Waals surface area contributed by atoms with Gasteiger partial charge in [-0.3, -0.25) is 0 Å². The maximum atomic E-state index is 11.3. The number of carboxylic acid groups (broad SMARTS) is 1. The number of pyridine rings is 1. The number of aromatic carboxylic acids is 1. The maximum Gasteiger partial charge on any atom is 0.355 e. The van der Waals surface area contributed by atoms with Gasteiger partial charge in [0.1, 0.15) is 0 Å². The Morgan fingerprint density at radius 3 is 2.42 bits per heavy atom. The van der Waals surface area contributed by atoms with Crippen LogP contribution >= 0.6 is 0 Å². The van der Waals surface area contributed by atoms with Gasteiger partial charge in [0.2, 0.25) is 0 Å². The van der Waals surface area contributed by atoms with Crippen molar-refractivity contribution in [3.63, 3.8) is 0 Å². The summed E-state index contributed by atoms with van der Waals surface area (Å²) in [6, 6.07) is 9.82. The predicted octanol–water partition coefficient (Wildman–Crippen LogP) is 2.23. The Morgan fingerprint density at radius 1 is 1.16 bits per heavy atom. The molecule has 0 aliphatic carbocycles. The first-order valence-electron chi connectivity index (χ1n) is 5.50. The molecular formula is C14H11NO4. The third-order valence-electron chi connectivity index (χ3n) is 2.63. The predicted molar refractivity (Wildman–Crippen MR) is 68.0 cm³/mol. The number of ether oxygens (including phenoxy) is 1. The van der Waals surface area contributed by atoms with Crippen LogP contribution in [0.25, 0.3) is 11.1 Å². The number of carbonyl (C=O) groups is 2. The minimum atomic E-state index is -1.09. The Hall–Kier alpha value is -2.69. The summed E-state index contributed by atoms with van der Waals surface area (Å²) < 4.78 is 4.60. The summed E-state index contributed by atoms with van der Waals surface area (Å²) >= 11 is 0. The molecule has 0 atom stereocenters. The van der Waals surface area contributed by atoms with Crippen molar-refractivity contribution in [1.29, 1.82) is 0 Å². The van der Waals surface area contributed by atoms with Crippen molar-refractivity contribution in [1.82, 2.24) is 4.98 Å². The second-order valence-corrected chi connectivity index (χ2v) is 3.77. The summed E-state index contributed by atoms with van der Waals surface area (Å²) in [6.45, 7) is 0. The molecule has 0 spiro atoms. The molecule has 1 heterocycles. The third kappa shape index (κ3) is 2.60. The van der Waals surface area contributed by atoms with E-state index in [4.69, 9.17) is 5.11 Å². The van der Waals surface area contributed by atoms with E-state index < -0.39 is 11.9 Å². The molecule has 0 saturated heterocycles. The smallest absolute Gasteiger partial charge is 0.355 e. The number of rotatable bonds is 3. The summed E-state index contributed by atoms with van der Waals surface area (Å²) in [4.78, 5) is 26.2. The van der Waals surface area contributed by atoms with E-state index >= 15 is 0 Å². The number of nitrogens with zero attached hydrogens (tertiary/aromatic N) is 1. The molecule has 0 aliphatic rings. The fourth-order valence-corrected chi connectivity index (χ4v) is 1.71. The van der Waals surface area contributed by atoms with Crippen molar-refractivity contribution >= 4 is 11.9 Å². The molecule has 1 aromatic carbocycles. The van der Waals surface area contributed by atoms with Crippen LogP contribution in [-0.2, 0) is 4.74 Å². The number of hydrogen-bond acceptors (Lipinski definition) is 4. The third-order valence-corrected chi connectivity index (χ3v) is 2.63. The van der Waals surface area contributed by atoms with Gasteiger partial charge in [0, 0.05) is 11.8 Å². The SMILES string of the molecule is COC(=O)c1ccc(-c2cccnc2C(=O)O)cc1. The second kappa shape index (κ2) is 5.30. The number of carboxylic acids is 1. The van der Waals surface area contributed by atoms with E-state index in [-0.39, 0.29) is 5.69 Å². The molecule has 0 amide bonds. The van der Waals surface area contributed by atoms with Crippen molar-refractivity contribution in [3.05, 3.63) is 53.9 Å². The number of hydrogen-bond donors (Lipinski definition) is 1. The van der Waals surface area contributed by atoms with E-state index in [0.29, 0.717) is 16.7 Å². The number of benzene rings is 1. The van der Waals surface area contributed by atoms with Crippen LogP contribution in [0.4, 0.5) is 0 Å². The van der Waals surface area contributed by atoms with E-state index in [1.807, 2.05) is 0 Å². The molecule has 0 aliphatic heterocycles. The standard InChI is InChI=1S/C14H11NO4/c1-19-14(18)10-6-4-9(5-7-10)11-3-2-8-15-12(11)13(16)17/h2-8H,1H3,(H,16,17). The molecule has 5 nitrogen and oxygen atoms in total. The van der Waals surface area contributed by atoms with Gasteiger partial charge in [-0.2, -0.15) is 0 Å². The Bertz CT molecular complexity index is 620. The zero-order valence-electron chi connectivity index (χ0n) is 10.2. The van der Waals surface area contributed by atoms with Gasteiger partial charge in [0.05, 0.1) is 12.7 Å². The van der Waals surface area contributed by atoms with Crippen molar-refractivity contribution < 1.29 is 19.4 Å². The van der Waals surface area contributed by atoms with Gasteiger partial charge < -0.3 is 9.84 Å². The van der Waals surface area contributed by atoms with Crippen LogP contribution in [0.5, 0.6) is 0 Å². The first kappa shape index (κ1) is 12.8. The maximum absolute atomic E-state index is 11.3. The molecule has 96 valence electrons. The van der Waals surface area contributed by atoms with E-state index in [9.17, 15) is 9.59 Å². The summed E-state index contributed by atoms with van der Waals surface area (Å²) in [5.41, 5.74) is 1.57. The van der Waals surface area contributed by atoms with Gasteiger partial charge >= 0.3 is 11.9 Å². The molecule has 0 radical (unpaired) electrons. The second-order valence-electron chi connectivity index (χ2n) is 3.77. The highest BCUT2D eigenvalue weighted by Crippen LogP contribution is 2.22. The highest BCUT2D eigenvalue weighted by molar-refractivity contribution is 5.94. The van der Waals surface area contributed by atoms with Gasteiger partial charge in [-0.1, -0.05) is 18.2 Å². The topological polar surface area (TPSA) is 76.5 Å². The van der Waals surface area contributed by atoms with Crippen molar-refractivity contribution in [2.45, 2.75) is 0 Å². The molecule has 0 unspecified atom stereocenters. The lowest BCUT2D eigenvalue weighted by Crippen LogP contribution is -2.03. The number of aromatic nitrogens is 1. The molecule has 5 heteroatoms. The van der Waals surface area contributed by atoms with Gasteiger partial charge in [0.25, 0.3) is 0 Å². The zero-order valence-corrected chi connectivity index (χ0v) is 10.2. The Balaban J connectivity index is 2.43. The van der Waals surface area contributed by atoms with Crippen molar-refractivity contribution in [3.8, 4) is 11.1 Å². The van der Waals surface area contributed by atoms with E-state index in [0.717, 1.165) is 0 Å². The number of methoxy groups -OCH3 is 1. The van der Waals surface area contributed by atoms with Gasteiger partial charge in [-0.05, 0) is 23.8 Å². The summed E-state index contributed by atoms with van der Waals surface area (Å²) in [7, 11) is 1.31. The fraction of sp³-hybridized carbons (Fsp3) is 0.0714. The molecule has 1 aromatic heterocycles. The fourth-order valence-electron chi connectivity index (χ4n) is 1.71. The largest absolute Gasteiger partial charge is 0.476 e. The summed E-state index contributed by atoms with van der Waals surface area (Å²) in [6.07, 6.45) is 1.43. The van der Waals surface area contributed by atoms with Gasteiger partial charge in [0.15, 0.2) is 5.69 Å². The minimum Gasteiger partial charge on any atom is -0.476 e. The molecule has 2 aromatic rings. The first-order chi connectivity index (χ1) is 9.13. The zero-order chi connectivity index (χ0) is 13.8. The first-order valence-corrected chi connectivity index (χ1v) is 5.50. The van der Waals surface area contributed by atoms with Crippen molar-refractivity contribution in [2.24, 2.45) is 0 Å². The van der Waals surface area contributed by atoms with Crippen LogP contribution in [0.3, 0.4) is 0 Å². The number of esters is 1. The van der Waals surface area contributed by atoms with Crippen LogP contribution in [-0.4, -0.2) is 29.1 Å². The Morgan fingerprint density at radius 2 is 1.84 bits per heavy atom. The molecule has 0 fully saturated rings. The average Bonchev–Trinajstić information content (AvgIpc) is 2.46. The normalized spacial score (nSPS) is 9.95. The highest BCUT2D eigenvalue weighted by atomic mass is 16.5. The lowest BCUT2D eigenvalue weighted by molar-refractivity contribution is 0.0599. The monoisotopic (exact) mass is 257 g/mol. The Kier molecular flexibility index (Phi) is 3.56. The lowest BCUT2D eigenvalue weighted by Gasteiger charge is -2.06. The van der Waals surface area contributed by atoms with Crippen LogP contribution < -0.4 is 0 Å². The Labute approximate surface area is 109 Å². The lowest BCUT2D eigenvalue weighted by atomic mass is 10.0. The minimum absolute atomic E-state index is 0.0201. The van der Waals surface area contributed by atoms with E-state index in [2.05, 4.69) is 9.72 Å². The van der Waals surface area contributed by atoms with Crippen LogP contribution in [0.15, 0.2) is 42.6 Å². The molecular weight excluding hydrogens is 246 g/mol. The summed E-state index contributed by atoms with van der Waals surface area (Å²) in [5, 5.41) is 9.07. The summed E-state index contributed by atoms with van der Waals surface area (Å²) in [5.74, 6) is -1.52. The molecule has 0 bridgehead atoms. The van der Waals surface area contributed by atoms with E-state index in [1.54, 1.807) is 36.4 Å². The molecule has 0 saturated carbocycles. The molecule has 19 heavy (non-hydrogen) atoms. The average molecular weight is 257 g/mol. The molecule has 2 rings (SSSR count). The number of carbonyl (C=O) groups excluding carboxylic acids is 1. The van der Waals surface area contributed by atoms with Crippen LogP contribution in [0.1, 0.15) is 20.8 Å². The van der Waals surface area contributed by atoms with Crippen LogP contribution in [0, 0.1) is 0 Å². The quantitative estimate of drug-likeness (QED) is 0.853. The highest BCUT2D eigenvalue weighted by Gasteiger charge is 2.13.